The average molecular weight is 303 g/mol. The SMILES string of the molecule is OC(c1ccc(Cl)c(Cl)c1)c1ccc2ccccc2c1. The fraction of sp³-hybridized carbons (Fsp3) is 0.0588. The summed E-state index contributed by atoms with van der Waals surface area (Å²) in [6, 6.07) is 19.2. The van der Waals surface area contributed by atoms with Crippen LogP contribution in [-0.2, 0) is 0 Å². The molecule has 0 aliphatic carbocycles. The maximum Gasteiger partial charge on any atom is 0.104 e. The Balaban J connectivity index is 2.02. The van der Waals surface area contributed by atoms with E-state index < -0.39 is 6.10 Å². The fourth-order valence-electron chi connectivity index (χ4n) is 2.25. The molecule has 3 aromatic rings. The summed E-state index contributed by atoms with van der Waals surface area (Å²) in [5.74, 6) is 0. The third-order valence-corrected chi connectivity index (χ3v) is 4.09. The Morgan fingerprint density at radius 3 is 2.10 bits per heavy atom. The van der Waals surface area contributed by atoms with E-state index in [9.17, 15) is 5.11 Å². The van der Waals surface area contributed by atoms with Crippen LogP contribution >= 0.6 is 23.2 Å². The largest absolute Gasteiger partial charge is 0.384 e. The predicted octanol–water partition coefficient (Wildman–Crippen LogP) is 5.23. The van der Waals surface area contributed by atoms with Gasteiger partial charge in [-0.25, -0.2) is 0 Å². The molecule has 3 rings (SSSR count). The van der Waals surface area contributed by atoms with Gasteiger partial charge in [-0.15, -0.1) is 0 Å². The molecule has 100 valence electrons. The van der Waals surface area contributed by atoms with Gasteiger partial charge in [0.05, 0.1) is 10.0 Å². The van der Waals surface area contributed by atoms with E-state index in [-0.39, 0.29) is 0 Å². The highest BCUT2D eigenvalue weighted by molar-refractivity contribution is 6.42. The molecule has 20 heavy (non-hydrogen) atoms. The van der Waals surface area contributed by atoms with Gasteiger partial charge in [0.25, 0.3) is 0 Å². The first kappa shape index (κ1) is 13.4. The highest BCUT2D eigenvalue weighted by Gasteiger charge is 2.12. The van der Waals surface area contributed by atoms with Crippen molar-refractivity contribution in [1.82, 2.24) is 0 Å². The lowest BCUT2D eigenvalue weighted by molar-refractivity contribution is 0.220. The molecule has 0 saturated carbocycles. The van der Waals surface area contributed by atoms with Gasteiger partial charge in [-0.1, -0.05) is 65.7 Å². The summed E-state index contributed by atoms with van der Waals surface area (Å²) in [5.41, 5.74) is 1.57. The highest BCUT2D eigenvalue weighted by Crippen LogP contribution is 2.30. The van der Waals surface area contributed by atoms with Crippen LogP contribution in [0.25, 0.3) is 10.8 Å². The first-order chi connectivity index (χ1) is 9.65. The summed E-state index contributed by atoms with van der Waals surface area (Å²) in [6.07, 6.45) is -0.714. The molecule has 3 heteroatoms. The van der Waals surface area contributed by atoms with E-state index in [4.69, 9.17) is 23.2 Å². The molecule has 0 bridgehead atoms. The number of hydrogen-bond donors (Lipinski definition) is 1. The Hall–Kier alpha value is -1.54. The van der Waals surface area contributed by atoms with Gasteiger partial charge in [0, 0.05) is 0 Å². The van der Waals surface area contributed by atoms with Gasteiger partial charge in [0.1, 0.15) is 6.10 Å². The molecule has 1 N–H and O–H groups in total. The number of benzene rings is 3. The first-order valence-electron chi connectivity index (χ1n) is 6.27. The molecular formula is C17H12Cl2O. The van der Waals surface area contributed by atoms with Crippen LogP contribution in [0, 0.1) is 0 Å². The van der Waals surface area contributed by atoms with Crippen molar-refractivity contribution in [2.75, 3.05) is 0 Å². The normalized spacial score (nSPS) is 12.6. The van der Waals surface area contributed by atoms with Crippen molar-refractivity contribution in [3.63, 3.8) is 0 Å². The zero-order valence-corrected chi connectivity index (χ0v) is 12.1. The van der Waals surface area contributed by atoms with Crippen molar-refractivity contribution in [3.8, 4) is 0 Å². The molecule has 1 nitrogen and oxygen atoms in total. The van der Waals surface area contributed by atoms with E-state index >= 15 is 0 Å². The third kappa shape index (κ3) is 2.53. The molecule has 0 aliphatic heterocycles. The van der Waals surface area contributed by atoms with Gasteiger partial charge in [0.2, 0.25) is 0 Å². The Morgan fingerprint density at radius 2 is 1.35 bits per heavy atom. The summed E-state index contributed by atoms with van der Waals surface area (Å²) in [5, 5.41) is 13.7. The van der Waals surface area contributed by atoms with E-state index in [1.165, 1.54) is 0 Å². The van der Waals surface area contributed by atoms with Crippen LogP contribution in [0.5, 0.6) is 0 Å². The quantitative estimate of drug-likeness (QED) is 0.687. The maximum absolute atomic E-state index is 10.5. The second-order valence-electron chi connectivity index (χ2n) is 4.68. The lowest BCUT2D eigenvalue weighted by atomic mass is 9.99. The van der Waals surface area contributed by atoms with E-state index in [0.717, 1.165) is 21.9 Å². The lowest BCUT2D eigenvalue weighted by Gasteiger charge is -2.13. The monoisotopic (exact) mass is 302 g/mol. The van der Waals surface area contributed by atoms with Crippen LogP contribution in [0.2, 0.25) is 10.0 Å². The zero-order valence-electron chi connectivity index (χ0n) is 10.6. The summed E-state index contributed by atoms with van der Waals surface area (Å²) in [7, 11) is 0. The number of aliphatic hydroxyl groups is 1. The van der Waals surface area contributed by atoms with E-state index in [1.807, 2.05) is 42.5 Å². The molecule has 1 atom stereocenters. The lowest BCUT2D eigenvalue weighted by Crippen LogP contribution is -1.99. The molecule has 0 amide bonds. The van der Waals surface area contributed by atoms with Gasteiger partial charge in [-0.2, -0.15) is 0 Å². The number of fused-ring (bicyclic) bond motifs is 1. The summed E-state index contributed by atoms with van der Waals surface area (Å²) >= 11 is 11.9. The van der Waals surface area contributed by atoms with Gasteiger partial charge in [-0.05, 0) is 40.1 Å². The van der Waals surface area contributed by atoms with Crippen LogP contribution in [0.4, 0.5) is 0 Å². The van der Waals surface area contributed by atoms with Crippen LogP contribution in [-0.4, -0.2) is 5.11 Å². The first-order valence-corrected chi connectivity index (χ1v) is 7.02. The average Bonchev–Trinajstić information content (AvgIpc) is 2.49. The number of halogens is 2. The van der Waals surface area contributed by atoms with Crippen molar-refractivity contribution >= 4 is 34.0 Å². The van der Waals surface area contributed by atoms with Crippen molar-refractivity contribution in [1.29, 1.82) is 0 Å². The minimum absolute atomic E-state index is 0.448. The minimum atomic E-state index is -0.714. The number of hydrogen-bond acceptors (Lipinski definition) is 1. The van der Waals surface area contributed by atoms with Crippen molar-refractivity contribution in [2.45, 2.75) is 6.10 Å². The van der Waals surface area contributed by atoms with Crippen LogP contribution < -0.4 is 0 Å². The van der Waals surface area contributed by atoms with Crippen molar-refractivity contribution < 1.29 is 5.11 Å². The summed E-state index contributed by atoms with van der Waals surface area (Å²) < 4.78 is 0. The third-order valence-electron chi connectivity index (χ3n) is 3.35. The van der Waals surface area contributed by atoms with E-state index in [2.05, 4.69) is 0 Å². The zero-order chi connectivity index (χ0) is 14.1. The Labute approximate surface area is 127 Å². The van der Waals surface area contributed by atoms with Gasteiger partial charge in [0.15, 0.2) is 0 Å². The minimum Gasteiger partial charge on any atom is -0.384 e. The van der Waals surface area contributed by atoms with E-state index in [1.54, 1.807) is 18.2 Å². The predicted molar refractivity (Wildman–Crippen MR) is 84.5 cm³/mol. The standard InChI is InChI=1S/C17H12Cl2O/c18-15-8-7-14(10-16(15)19)17(20)13-6-5-11-3-1-2-4-12(11)9-13/h1-10,17,20H. The molecule has 1 unspecified atom stereocenters. The molecule has 0 spiro atoms. The van der Waals surface area contributed by atoms with Crippen LogP contribution in [0.15, 0.2) is 60.7 Å². The van der Waals surface area contributed by atoms with Crippen LogP contribution in [0.3, 0.4) is 0 Å². The molecule has 0 heterocycles. The summed E-state index contributed by atoms with van der Waals surface area (Å²) in [4.78, 5) is 0. The molecule has 0 radical (unpaired) electrons. The molecular weight excluding hydrogens is 291 g/mol. The van der Waals surface area contributed by atoms with Crippen molar-refractivity contribution in [3.05, 3.63) is 81.8 Å². The van der Waals surface area contributed by atoms with E-state index in [0.29, 0.717) is 10.0 Å². The number of aliphatic hydroxyl groups excluding tert-OH is 1. The molecule has 0 aliphatic rings. The molecule has 3 aromatic carbocycles. The molecule has 0 fully saturated rings. The Morgan fingerprint density at radius 1 is 0.700 bits per heavy atom. The van der Waals surface area contributed by atoms with Crippen molar-refractivity contribution in [2.24, 2.45) is 0 Å². The van der Waals surface area contributed by atoms with Gasteiger partial charge >= 0.3 is 0 Å². The van der Waals surface area contributed by atoms with Crippen LogP contribution in [0.1, 0.15) is 17.2 Å². The fourth-order valence-corrected chi connectivity index (χ4v) is 2.56. The topological polar surface area (TPSA) is 20.2 Å². The Kier molecular flexibility index (Phi) is 3.66. The van der Waals surface area contributed by atoms with Gasteiger partial charge in [-0.3, -0.25) is 0 Å². The summed E-state index contributed by atoms with van der Waals surface area (Å²) in [6.45, 7) is 0. The highest BCUT2D eigenvalue weighted by atomic mass is 35.5. The smallest absolute Gasteiger partial charge is 0.104 e. The van der Waals surface area contributed by atoms with Gasteiger partial charge < -0.3 is 5.11 Å². The maximum atomic E-state index is 10.5. The second-order valence-corrected chi connectivity index (χ2v) is 5.50. The molecule has 0 saturated heterocycles. The molecule has 0 aromatic heterocycles. The second kappa shape index (κ2) is 5.45. The Bertz CT molecular complexity index is 768. The number of rotatable bonds is 2.